The molecule has 5 N–H and O–H groups in total. The molecule has 7 nitrogen and oxygen atoms in total. The Hall–Kier alpha value is -2.38. The normalized spacial score (nSPS) is 13.5. The van der Waals surface area contributed by atoms with Gasteiger partial charge in [-0.05, 0) is 50.6 Å². The van der Waals surface area contributed by atoms with Gasteiger partial charge < -0.3 is 16.8 Å². The van der Waals surface area contributed by atoms with E-state index in [4.69, 9.17) is 11.5 Å². The summed E-state index contributed by atoms with van der Waals surface area (Å²) in [6.45, 7) is 1.39. The van der Waals surface area contributed by atoms with Crippen LogP contribution in [0.1, 0.15) is 31.7 Å². The van der Waals surface area contributed by atoms with Crippen molar-refractivity contribution in [1.82, 2.24) is 5.32 Å². The molecule has 1 rings (SSSR count). The molecule has 0 aliphatic carbocycles. The van der Waals surface area contributed by atoms with Crippen LogP contribution in [0, 0.1) is 0 Å². The summed E-state index contributed by atoms with van der Waals surface area (Å²) in [5.74, 6) is -4.96. The van der Waals surface area contributed by atoms with Crippen LogP contribution in [-0.4, -0.2) is 42.5 Å². The lowest BCUT2D eigenvalue weighted by Gasteiger charge is -2.26. The molecule has 0 fully saturated rings. The zero-order valence-electron chi connectivity index (χ0n) is 16.8. The summed E-state index contributed by atoms with van der Waals surface area (Å²) in [5, 5.41) is 2.11. The summed E-state index contributed by atoms with van der Waals surface area (Å²) in [6, 6.07) is -0.734. The zero-order chi connectivity index (χ0) is 24.0. The van der Waals surface area contributed by atoms with E-state index in [1.165, 1.54) is 0 Å². The molecular weight excluding hydrogens is 470 g/mol. The van der Waals surface area contributed by atoms with Crippen molar-refractivity contribution in [3.63, 3.8) is 0 Å². The summed E-state index contributed by atoms with van der Waals surface area (Å²) in [4.78, 5) is 36.1. The molecule has 1 aromatic carbocycles. The highest BCUT2D eigenvalue weighted by Crippen LogP contribution is 2.31. The van der Waals surface area contributed by atoms with Gasteiger partial charge in [0.15, 0.2) is 0 Å². The summed E-state index contributed by atoms with van der Waals surface area (Å²) < 4.78 is 77.1. The average Bonchev–Trinajstić information content (AvgIpc) is 2.66. The Morgan fingerprint density at radius 3 is 2.00 bits per heavy atom. The molecule has 182 valence electrons. The highest BCUT2D eigenvalue weighted by molar-refractivity contribution is 6.18. The summed E-state index contributed by atoms with van der Waals surface area (Å²) in [6.07, 6.45) is -8.99. The first kappa shape index (κ1) is 29.6. The number of halogens is 7. The number of imide groups is 1. The molecule has 0 saturated carbocycles. The van der Waals surface area contributed by atoms with Crippen molar-refractivity contribution >= 4 is 35.8 Å². The van der Waals surface area contributed by atoms with Crippen LogP contribution in [0.2, 0.25) is 0 Å². The monoisotopic (exact) mass is 492 g/mol. The molecule has 1 aromatic rings. The Balaban J connectivity index is 0.00000961. The fourth-order valence-corrected chi connectivity index (χ4v) is 2.49. The predicted molar refractivity (Wildman–Crippen MR) is 106 cm³/mol. The molecule has 2 atom stereocenters. The first-order valence-electron chi connectivity index (χ1n) is 9.08. The van der Waals surface area contributed by atoms with Crippen LogP contribution in [0.3, 0.4) is 0 Å². The number of anilines is 1. The number of hydrogen-bond donors (Lipinski definition) is 3. The van der Waals surface area contributed by atoms with Crippen molar-refractivity contribution in [2.24, 2.45) is 11.5 Å². The van der Waals surface area contributed by atoms with E-state index >= 15 is 0 Å². The van der Waals surface area contributed by atoms with Gasteiger partial charge in [-0.25, -0.2) is 4.90 Å². The third kappa shape index (κ3) is 8.28. The number of carbonyl (C=O) groups excluding carboxylic acids is 3. The smallest absolute Gasteiger partial charge is 0.343 e. The predicted octanol–water partition coefficient (Wildman–Crippen LogP) is 2.51. The molecule has 0 aromatic heterocycles. The maximum Gasteiger partial charge on any atom is 0.472 e. The summed E-state index contributed by atoms with van der Waals surface area (Å²) in [5.41, 5.74) is 9.04. The van der Waals surface area contributed by atoms with Crippen LogP contribution in [-0.2, 0) is 20.6 Å². The largest absolute Gasteiger partial charge is 0.472 e. The highest BCUT2D eigenvalue weighted by Gasteiger charge is 2.46. The number of benzene rings is 1. The lowest BCUT2D eigenvalue weighted by molar-refractivity contribution is -0.171. The molecule has 0 aliphatic rings. The second-order valence-corrected chi connectivity index (χ2v) is 6.64. The number of nitrogens with two attached hydrogens (primary N) is 2. The van der Waals surface area contributed by atoms with Crippen LogP contribution in [0.25, 0.3) is 0 Å². The van der Waals surface area contributed by atoms with Gasteiger partial charge in [-0.15, -0.1) is 12.4 Å². The maximum absolute atomic E-state index is 13.0. The molecule has 0 spiro atoms. The van der Waals surface area contributed by atoms with Crippen molar-refractivity contribution in [2.45, 2.75) is 50.6 Å². The SMILES string of the molecule is C[C@H](NC(=O)[C@@H](N)CCCCN)C(=O)N(C(=O)C(F)(F)F)c1ccc(C(F)(F)F)cc1.Cl. The van der Waals surface area contributed by atoms with E-state index in [9.17, 15) is 40.7 Å². The fourth-order valence-electron chi connectivity index (χ4n) is 2.49. The third-order valence-corrected chi connectivity index (χ3v) is 4.15. The van der Waals surface area contributed by atoms with Crippen molar-refractivity contribution in [1.29, 1.82) is 0 Å². The third-order valence-electron chi connectivity index (χ3n) is 4.15. The van der Waals surface area contributed by atoms with Crippen molar-refractivity contribution in [3.05, 3.63) is 29.8 Å². The van der Waals surface area contributed by atoms with Gasteiger partial charge in [0.25, 0.3) is 5.91 Å². The molecule has 0 saturated heterocycles. The number of carbonyl (C=O) groups is 3. The lowest BCUT2D eigenvalue weighted by Crippen LogP contribution is -2.55. The lowest BCUT2D eigenvalue weighted by atomic mass is 10.1. The Morgan fingerprint density at radius 1 is 1.03 bits per heavy atom. The molecule has 14 heteroatoms. The minimum atomic E-state index is -5.50. The molecule has 0 aliphatic heterocycles. The first-order valence-corrected chi connectivity index (χ1v) is 9.08. The number of rotatable bonds is 8. The standard InChI is InChI=1S/C18H22F6N4O3.ClH/c1-10(27-14(29)13(26)4-2-3-9-25)15(30)28(16(31)18(22,23)24)12-7-5-11(6-8-12)17(19,20)21;/h5-8,10,13H,2-4,9,25-26H2,1H3,(H,27,29);1H/t10-,13-;/m0./s1. The zero-order valence-corrected chi connectivity index (χ0v) is 17.6. The number of nitrogens with zero attached hydrogens (tertiary/aromatic N) is 1. The second kappa shape index (κ2) is 12.0. The van der Waals surface area contributed by atoms with E-state index in [1.807, 2.05) is 0 Å². The first-order chi connectivity index (χ1) is 14.2. The summed E-state index contributed by atoms with van der Waals surface area (Å²) in [7, 11) is 0. The van der Waals surface area contributed by atoms with E-state index in [2.05, 4.69) is 5.32 Å². The van der Waals surface area contributed by atoms with E-state index < -0.39 is 53.4 Å². The van der Waals surface area contributed by atoms with Gasteiger partial charge in [0.1, 0.15) is 6.04 Å². The van der Waals surface area contributed by atoms with Crippen molar-refractivity contribution < 1.29 is 40.7 Å². The highest BCUT2D eigenvalue weighted by atomic mass is 35.5. The van der Waals surface area contributed by atoms with E-state index in [0.717, 1.165) is 6.92 Å². The van der Waals surface area contributed by atoms with E-state index in [1.54, 1.807) is 0 Å². The quantitative estimate of drug-likeness (QED) is 0.380. The van der Waals surface area contributed by atoms with Gasteiger partial charge in [0, 0.05) is 0 Å². The van der Waals surface area contributed by atoms with Gasteiger partial charge in [-0.1, -0.05) is 6.42 Å². The van der Waals surface area contributed by atoms with Crippen LogP contribution in [0.4, 0.5) is 32.0 Å². The topological polar surface area (TPSA) is 119 Å². The maximum atomic E-state index is 13.0. The number of nitrogens with one attached hydrogen (secondary N) is 1. The molecule has 0 unspecified atom stereocenters. The van der Waals surface area contributed by atoms with Gasteiger partial charge >= 0.3 is 18.3 Å². The minimum Gasteiger partial charge on any atom is -0.343 e. The van der Waals surface area contributed by atoms with Gasteiger partial charge in [-0.2, -0.15) is 26.3 Å². The Morgan fingerprint density at radius 2 is 1.56 bits per heavy atom. The number of amides is 3. The fraction of sp³-hybridized carbons (Fsp3) is 0.500. The Bertz CT molecular complexity index is 786. The van der Waals surface area contributed by atoms with E-state index in [-0.39, 0.29) is 23.7 Å². The van der Waals surface area contributed by atoms with Crippen LogP contribution < -0.4 is 21.7 Å². The van der Waals surface area contributed by atoms with Crippen LogP contribution in [0.5, 0.6) is 0 Å². The molecule has 3 amide bonds. The number of alkyl halides is 6. The molecule has 0 bridgehead atoms. The second-order valence-electron chi connectivity index (χ2n) is 6.64. The Labute approximate surface area is 185 Å². The van der Waals surface area contributed by atoms with Crippen molar-refractivity contribution in [2.75, 3.05) is 11.4 Å². The number of hydrogen-bond acceptors (Lipinski definition) is 5. The number of unbranched alkanes of at least 4 members (excludes halogenated alkanes) is 1. The van der Waals surface area contributed by atoms with Gasteiger partial charge in [0.05, 0.1) is 17.3 Å². The minimum absolute atomic E-state index is 0. The van der Waals surface area contributed by atoms with Crippen LogP contribution >= 0.6 is 12.4 Å². The molecular formula is C18H23ClF6N4O3. The van der Waals surface area contributed by atoms with Gasteiger partial charge in [0.2, 0.25) is 5.91 Å². The van der Waals surface area contributed by atoms with E-state index in [0.29, 0.717) is 43.7 Å². The van der Waals surface area contributed by atoms with Crippen molar-refractivity contribution in [3.8, 4) is 0 Å². The summed E-state index contributed by atoms with van der Waals surface area (Å²) >= 11 is 0. The molecule has 32 heavy (non-hydrogen) atoms. The Kier molecular flexibility index (Phi) is 11.1. The molecule has 0 heterocycles. The van der Waals surface area contributed by atoms with Crippen LogP contribution in [0.15, 0.2) is 24.3 Å². The average molecular weight is 493 g/mol. The molecule has 0 radical (unpaired) electrons. The van der Waals surface area contributed by atoms with Gasteiger partial charge in [-0.3, -0.25) is 14.4 Å².